The van der Waals surface area contributed by atoms with Crippen LogP contribution in [0.1, 0.15) is 0 Å². The Morgan fingerprint density at radius 2 is 1.93 bits per heavy atom. The van der Waals surface area contributed by atoms with Crippen molar-refractivity contribution in [2.24, 2.45) is 7.05 Å². The minimum atomic E-state index is 0.976. The van der Waals surface area contributed by atoms with Gasteiger partial charge in [-0.3, -0.25) is 4.98 Å². The lowest BCUT2D eigenvalue weighted by Crippen LogP contribution is -1.84. The number of imidazole rings is 1. The number of aromatic nitrogens is 4. The predicted molar refractivity (Wildman–Crippen MR) is 57.4 cm³/mol. The van der Waals surface area contributed by atoms with Crippen LogP contribution in [0.4, 0.5) is 0 Å². The Labute approximate surface area is 86.8 Å². The second kappa shape index (κ2) is 2.95. The van der Waals surface area contributed by atoms with E-state index in [1.807, 2.05) is 40.7 Å². The molecule has 0 radical (unpaired) electrons. The lowest BCUT2D eigenvalue weighted by molar-refractivity contribution is 0.930. The normalized spacial score (nSPS) is 11.0. The Kier molecular flexibility index (Phi) is 1.62. The summed E-state index contributed by atoms with van der Waals surface area (Å²) >= 11 is 0. The van der Waals surface area contributed by atoms with Gasteiger partial charge in [0.1, 0.15) is 5.65 Å². The third-order valence-electron chi connectivity index (χ3n) is 2.48. The summed E-state index contributed by atoms with van der Waals surface area (Å²) in [6.07, 6.45) is 7.48. The minimum Gasteiger partial charge on any atom is -0.334 e. The first-order chi connectivity index (χ1) is 7.34. The molecule has 0 amide bonds. The monoisotopic (exact) mass is 198 g/mol. The largest absolute Gasteiger partial charge is 0.334 e. The fourth-order valence-electron chi connectivity index (χ4n) is 1.66. The average molecular weight is 198 g/mol. The molecule has 0 aliphatic rings. The Hall–Kier alpha value is -2.10. The highest BCUT2D eigenvalue weighted by Gasteiger charge is 2.05. The van der Waals surface area contributed by atoms with Crippen LogP contribution in [-0.4, -0.2) is 19.2 Å². The van der Waals surface area contributed by atoms with Gasteiger partial charge >= 0.3 is 0 Å². The summed E-state index contributed by atoms with van der Waals surface area (Å²) in [4.78, 5) is 3.99. The van der Waals surface area contributed by atoms with Gasteiger partial charge in [-0.2, -0.15) is 5.10 Å². The van der Waals surface area contributed by atoms with Crippen molar-refractivity contribution in [2.75, 3.05) is 0 Å². The lowest BCUT2D eigenvalue weighted by atomic mass is 10.2. The van der Waals surface area contributed by atoms with Crippen LogP contribution < -0.4 is 0 Å². The van der Waals surface area contributed by atoms with Gasteiger partial charge in [0.15, 0.2) is 0 Å². The third kappa shape index (κ3) is 1.22. The number of nitrogens with zero attached hydrogens (tertiary/aromatic N) is 4. The van der Waals surface area contributed by atoms with E-state index in [1.165, 1.54) is 0 Å². The number of aryl methyl sites for hydroxylation is 1. The van der Waals surface area contributed by atoms with Crippen LogP contribution in [0, 0.1) is 0 Å². The molecular weight excluding hydrogens is 188 g/mol. The zero-order valence-corrected chi connectivity index (χ0v) is 8.33. The molecule has 0 aliphatic heterocycles. The maximum atomic E-state index is 4.47. The molecule has 3 heterocycles. The van der Waals surface area contributed by atoms with Crippen molar-refractivity contribution in [3.8, 4) is 11.3 Å². The molecular formula is C11H10N4. The Balaban J connectivity index is 2.20. The van der Waals surface area contributed by atoms with Gasteiger partial charge < -0.3 is 4.57 Å². The number of hydrogen-bond donors (Lipinski definition) is 0. The first kappa shape index (κ1) is 8.23. The Bertz CT molecular complexity index is 591. The van der Waals surface area contributed by atoms with Gasteiger partial charge in [0.25, 0.3) is 0 Å². The van der Waals surface area contributed by atoms with Crippen molar-refractivity contribution in [3.05, 3.63) is 43.0 Å². The summed E-state index contributed by atoms with van der Waals surface area (Å²) < 4.78 is 3.91. The van der Waals surface area contributed by atoms with Gasteiger partial charge in [0.05, 0.1) is 5.69 Å². The second-order valence-corrected chi connectivity index (χ2v) is 3.48. The lowest BCUT2D eigenvalue weighted by Gasteiger charge is -1.92. The van der Waals surface area contributed by atoms with Crippen LogP contribution in [0.3, 0.4) is 0 Å². The first-order valence-corrected chi connectivity index (χ1v) is 4.76. The zero-order valence-electron chi connectivity index (χ0n) is 8.33. The highest BCUT2D eigenvalue weighted by Crippen LogP contribution is 2.18. The van der Waals surface area contributed by atoms with Crippen LogP contribution in [0.2, 0.25) is 0 Å². The molecule has 4 nitrogen and oxygen atoms in total. The topological polar surface area (TPSA) is 35.1 Å². The molecule has 4 heteroatoms. The Morgan fingerprint density at radius 3 is 2.67 bits per heavy atom. The SMILES string of the molecule is Cn1ccn2nc(-c3ccncc3)cc12. The number of hydrogen-bond acceptors (Lipinski definition) is 2. The van der Waals surface area contributed by atoms with Crippen LogP contribution in [-0.2, 0) is 7.05 Å². The van der Waals surface area contributed by atoms with Crippen LogP contribution >= 0.6 is 0 Å². The van der Waals surface area contributed by atoms with Crippen molar-refractivity contribution in [3.63, 3.8) is 0 Å². The van der Waals surface area contributed by atoms with Gasteiger partial charge in [0.2, 0.25) is 0 Å². The standard InChI is InChI=1S/C11H10N4/c1-14-6-7-15-11(14)8-10(13-15)9-2-4-12-5-3-9/h2-8H,1H3. The van der Waals surface area contributed by atoms with E-state index in [9.17, 15) is 0 Å². The van der Waals surface area contributed by atoms with E-state index in [-0.39, 0.29) is 0 Å². The first-order valence-electron chi connectivity index (χ1n) is 4.76. The molecule has 0 fully saturated rings. The average Bonchev–Trinajstić information content (AvgIpc) is 2.83. The quantitative estimate of drug-likeness (QED) is 0.597. The molecule has 0 saturated carbocycles. The van der Waals surface area contributed by atoms with Crippen molar-refractivity contribution in [1.82, 2.24) is 19.2 Å². The maximum absolute atomic E-state index is 4.47. The second-order valence-electron chi connectivity index (χ2n) is 3.48. The highest BCUT2D eigenvalue weighted by molar-refractivity contribution is 5.63. The van der Waals surface area contributed by atoms with Gasteiger partial charge in [-0.15, -0.1) is 0 Å². The summed E-state index contributed by atoms with van der Waals surface area (Å²) in [6, 6.07) is 5.98. The van der Waals surface area contributed by atoms with Crippen molar-refractivity contribution >= 4 is 5.65 Å². The van der Waals surface area contributed by atoms with E-state index in [2.05, 4.69) is 16.1 Å². The van der Waals surface area contributed by atoms with Crippen molar-refractivity contribution in [1.29, 1.82) is 0 Å². The molecule has 0 N–H and O–H groups in total. The van der Waals surface area contributed by atoms with Gasteiger partial charge in [-0.05, 0) is 12.1 Å². The Morgan fingerprint density at radius 1 is 1.13 bits per heavy atom. The van der Waals surface area contributed by atoms with E-state index in [0.29, 0.717) is 0 Å². The number of fused-ring (bicyclic) bond motifs is 1. The molecule has 0 aromatic carbocycles. The fourth-order valence-corrected chi connectivity index (χ4v) is 1.66. The zero-order chi connectivity index (χ0) is 10.3. The van der Waals surface area contributed by atoms with E-state index < -0.39 is 0 Å². The minimum absolute atomic E-state index is 0.976. The smallest absolute Gasteiger partial charge is 0.136 e. The van der Waals surface area contributed by atoms with Crippen molar-refractivity contribution in [2.45, 2.75) is 0 Å². The van der Waals surface area contributed by atoms with Gasteiger partial charge in [-0.25, -0.2) is 4.52 Å². The van der Waals surface area contributed by atoms with Crippen LogP contribution in [0.25, 0.3) is 16.9 Å². The van der Waals surface area contributed by atoms with Crippen LogP contribution in [0.15, 0.2) is 43.0 Å². The molecule has 3 aromatic rings. The summed E-state index contributed by atoms with van der Waals surface area (Å²) in [5.41, 5.74) is 3.15. The van der Waals surface area contributed by atoms with Crippen molar-refractivity contribution < 1.29 is 0 Å². The molecule has 3 aromatic heterocycles. The molecule has 0 bridgehead atoms. The van der Waals surface area contributed by atoms with E-state index in [1.54, 1.807) is 12.4 Å². The van der Waals surface area contributed by atoms with Gasteiger partial charge in [-0.1, -0.05) is 0 Å². The van der Waals surface area contributed by atoms with E-state index in [0.717, 1.165) is 16.9 Å². The molecule has 15 heavy (non-hydrogen) atoms. The summed E-state index contributed by atoms with van der Waals surface area (Å²) in [5.74, 6) is 0. The van der Waals surface area contributed by atoms with E-state index >= 15 is 0 Å². The maximum Gasteiger partial charge on any atom is 0.136 e. The summed E-state index contributed by atoms with van der Waals surface area (Å²) in [7, 11) is 2.01. The molecule has 0 aliphatic carbocycles. The third-order valence-corrected chi connectivity index (χ3v) is 2.48. The predicted octanol–water partition coefficient (Wildman–Crippen LogP) is 1.73. The highest BCUT2D eigenvalue weighted by atomic mass is 15.3. The fraction of sp³-hybridized carbons (Fsp3) is 0.0909. The van der Waals surface area contributed by atoms with Gasteiger partial charge in [0, 0.05) is 43.5 Å². The van der Waals surface area contributed by atoms with Crippen LogP contribution in [0.5, 0.6) is 0 Å². The molecule has 0 saturated heterocycles. The summed E-state index contributed by atoms with van der Waals surface area (Å²) in [5, 5.41) is 4.47. The number of rotatable bonds is 1. The molecule has 0 unspecified atom stereocenters. The number of pyridine rings is 1. The molecule has 0 spiro atoms. The molecule has 0 atom stereocenters. The molecule has 3 rings (SSSR count). The molecule has 74 valence electrons. The summed E-state index contributed by atoms with van der Waals surface area (Å²) in [6.45, 7) is 0. The van der Waals surface area contributed by atoms with E-state index in [4.69, 9.17) is 0 Å².